The van der Waals surface area contributed by atoms with Gasteiger partial charge in [0.2, 0.25) is 0 Å². The van der Waals surface area contributed by atoms with Crippen molar-refractivity contribution in [3.63, 3.8) is 0 Å². The van der Waals surface area contributed by atoms with Crippen LogP contribution >= 0.6 is 11.3 Å². The molecule has 4 nitrogen and oxygen atoms in total. The molecule has 0 radical (unpaired) electrons. The first-order valence-corrected chi connectivity index (χ1v) is 7.96. The molecule has 0 aliphatic carbocycles. The molecule has 0 aromatic carbocycles. The molecule has 20 heavy (non-hydrogen) atoms. The molecule has 2 aromatic rings. The summed E-state index contributed by atoms with van der Waals surface area (Å²) in [4.78, 5) is 21.3. The molecule has 3 heterocycles. The van der Waals surface area contributed by atoms with Crippen LogP contribution in [0, 0.1) is 6.92 Å². The third kappa shape index (κ3) is 3.16. The molecule has 1 aliphatic heterocycles. The highest BCUT2D eigenvalue weighted by Crippen LogP contribution is 2.26. The van der Waals surface area contributed by atoms with E-state index in [0.29, 0.717) is 11.7 Å². The van der Waals surface area contributed by atoms with Gasteiger partial charge in [0.15, 0.2) is 0 Å². The third-order valence-electron chi connectivity index (χ3n) is 3.79. The highest BCUT2D eigenvalue weighted by molar-refractivity contribution is 7.07. The zero-order chi connectivity index (χ0) is 13.9. The van der Waals surface area contributed by atoms with E-state index >= 15 is 0 Å². The monoisotopic (exact) mass is 289 g/mol. The van der Waals surface area contributed by atoms with Crippen molar-refractivity contribution in [2.45, 2.75) is 32.2 Å². The molecule has 1 fully saturated rings. The minimum Gasteiger partial charge on any atom is -0.311 e. The van der Waals surface area contributed by atoms with Gasteiger partial charge in [0.05, 0.1) is 5.69 Å². The summed E-state index contributed by atoms with van der Waals surface area (Å²) in [5.41, 5.74) is 2.29. The Morgan fingerprint density at radius 3 is 3.20 bits per heavy atom. The van der Waals surface area contributed by atoms with Crippen molar-refractivity contribution in [2.24, 2.45) is 0 Å². The van der Waals surface area contributed by atoms with Crippen LogP contribution in [-0.4, -0.2) is 28.0 Å². The Hall–Kier alpha value is -1.46. The van der Waals surface area contributed by atoms with Crippen LogP contribution in [0.3, 0.4) is 0 Å². The van der Waals surface area contributed by atoms with Crippen LogP contribution in [0.15, 0.2) is 27.7 Å². The molecule has 1 aliphatic rings. The number of hydrogen-bond donors (Lipinski definition) is 1. The summed E-state index contributed by atoms with van der Waals surface area (Å²) in [6.45, 7) is 4.97. The van der Waals surface area contributed by atoms with Crippen molar-refractivity contribution in [3.8, 4) is 0 Å². The number of likely N-dealkylation sites (tertiary alicyclic amines) is 1. The van der Waals surface area contributed by atoms with Gasteiger partial charge in [-0.15, -0.1) is 0 Å². The summed E-state index contributed by atoms with van der Waals surface area (Å²) >= 11 is 1.74. The molecular weight excluding hydrogens is 270 g/mol. The highest BCUT2D eigenvalue weighted by atomic mass is 32.1. The van der Waals surface area contributed by atoms with Gasteiger partial charge in [-0.3, -0.25) is 9.69 Å². The number of rotatable bonds is 3. The molecule has 1 unspecified atom stereocenters. The fourth-order valence-corrected chi connectivity index (χ4v) is 3.55. The van der Waals surface area contributed by atoms with E-state index in [1.54, 1.807) is 17.4 Å². The van der Waals surface area contributed by atoms with Gasteiger partial charge in [-0.25, -0.2) is 4.98 Å². The lowest BCUT2D eigenvalue weighted by atomic mass is 9.94. The molecule has 0 saturated carbocycles. The van der Waals surface area contributed by atoms with Crippen molar-refractivity contribution >= 4 is 11.3 Å². The maximum atomic E-state index is 11.6. The summed E-state index contributed by atoms with van der Waals surface area (Å²) in [5, 5.41) is 4.33. The molecule has 1 saturated heterocycles. The minimum atomic E-state index is -0.0394. The van der Waals surface area contributed by atoms with E-state index in [0.717, 1.165) is 31.7 Å². The zero-order valence-corrected chi connectivity index (χ0v) is 12.4. The Balaban J connectivity index is 1.72. The molecular formula is C15H19N3OS. The lowest BCUT2D eigenvalue weighted by molar-refractivity contribution is 0.198. The van der Waals surface area contributed by atoms with Crippen molar-refractivity contribution in [1.82, 2.24) is 14.9 Å². The summed E-state index contributed by atoms with van der Waals surface area (Å²) < 4.78 is 0. The zero-order valence-electron chi connectivity index (χ0n) is 11.6. The Kier molecular flexibility index (Phi) is 3.98. The average Bonchev–Trinajstić information content (AvgIpc) is 2.91. The molecule has 3 rings (SSSR count). The predicted molar refractivity (Wildman–Crippen MR) is 81.2 cm³/mol. The lowest BCUT2D eigenvalue weighted by Crippen LogP contribution is -2.34. The van der Waals surface area contributed by atoms with Crippen LogP contribution < -0.4 is 5.56 Å². The fraction of sp³-hybridized carbons (Fsp3) is 0.467. The summed E-state index contributed by atoms with van der Waals surface area (Å²) in [5.74, 6) is 1.09. The van der Waals surface area contributed by atoms with Gasteiger partial charge in [0.1, 0.15) is 5.82 Å². The molecule has 1 N–H and O–H groups in total. The second-order valence-electron chi connectivity index (χ2n) is 5.46. The topological polar surface area (TPSA) is 49.0 Å². The van der Waals surface area contributed by atoms with Crippen molar-refractivity contribution < 1.29 is 0 Å². The van der Waals surface area contributed by atoms with E-state index in [-0.39, 0.29) is 5.56 Å². The first kappa shape index (κ1) is 13.5. The van der Waals surface area contributed by atoms with E-state index in [4.69, 9.17) is 0 Å². The van der Waals surface area contributed by atoms with Gasteiger partial charge in [0.25, 0.3) is 5.56 Å². The second-order valence-corrected chi connectivity index (χ2v) is 6.24. The number of hydrogen-bond acceptors (Lipinski definition) is 4. The SMILES string of the molecule is Cc1nc(C2CCCN(Cc3ccsc3)C2)cc(=O)[nH]1. The highest BCUT2D eigenvalue weighted by Gasteiger charge is 2.23. The normalized spacial score (nSPS) is 20.1. The van der Waals surface area contributed by atoms with Crippen LogP contribution in [-0.2, 0) is 6.54 Å². The first-order chi connectivity index (χ1) is 9.70. The van der Waals surface area contributed by atoms with Crippen molar-refractivity contribution in [3.05, 3.63) is 50.3 Å². The molecule has 0 amide bonds. The quantitative estimate of drug-likeness (QED) is 0.944. The minimum absolute atomic E-state index is 0.0394. The molecule has 0 bridgehead atoms. The van der Waals surface area contributed by atoms with Crippen LogP contribution in [0.1, 0.15) is 35.8 Å². The van der Waals surface area contributed by atoms with Crippen LogP contribution in [0.2, 0.25) is 0 Å². The Bertz CT molecular complexity index is 620. The van der Waals surface area contributed by atoms with Gasteiger partial charge in [-0.05, 0) is 48.7 Å². The number of nitrogens with zero attached hydrogens (tertiary/aromatic N) is 2. The number of thiophene rings is 1. The average molecular weight is 289 g/mol. The maximum absolute atomic E-state index is 11.6. The van der Waals surface area contributed by atoms with Crippen molar-refractivity contribution in [2.75, 3.05) is 13.1 Å². The third-order valence-corrected chi connectivity index (χ3v) is 4.52. The van der Waals surface area contributed by atoms with Gasteiger partial charge in [0, 0.05) is 25.1 Å². The molecule has 0 spiro atoms. The number of nitrogens with one attached hydrogen (secondary N) is 1. The van der Waals surface area contributed by atoms with E-state index < -0.39 is 0 Å². The second kappa shape index (κ2) is 5.89. The van der Waals surface area contributed by atoms with Gasteiger partial charge >= 0.3 is 0 Å². The van der Waals surface area contributed by atoms with Gasteiger partial charge < -0.3 is 4.98 Å². The van der Waals surface area contributed by atoms with Crippen LogP contribution in [0.25, 0.3) is 0 Å². The maximum Gasteiger partial charge on any atom is 0.251 e. The predicted octanol–water partition coefficient (Wildman–Crippen LogP) is 2.52. The van der Waals surface area contributed by atoms with E-state index in [2.05, 4.69) is 31.7 Å². The molecule has 2 aromatic heterocycles. The molecule has 106 valence electrons. The standard InChI is InChI=1S/C15H19N3OS/c1-11-16-14(7-15(19)17-11)13-3-2-5-18(9-13)8-12-4-6-20-10-12/h4,6-7,10,13H,2-3,5,8-9H2,1H3,(H,16,17,19). The Labute approximate surface area is 122 Å². The fourth-order valence-electron chi connectivity index (χ4n) is 2.89. The van der Waals surface area contributed by atoms with E-state index in [9.17, 15) is 4.79 Å². The van der Waals surface area contributed by atoms with Crippen molar-refractivity contribution in [1.29, 1.82) is 0 Å². The summed E-state index contributed by atoms with van der Waals surface area (Å²) in [7, 11) is 0. The smallest absolute Gasteiger partial charge is 0.251 e. The number of aromatic nitrogens is 2. The number of H-pyrrole nitrogens is 1. The van der Waals surface area contributed by atoms with Crippen LogP contribution in [0.4, 0.5) is 0 Å². The Morgan fingerprint density at radius 2 is 2.45 bits per heavy atom. The van der Waals surface area contributed by atoms with E-state index in [1.165, 1.54) is 12.0 Å². The van der Waals surface area contributed by atoms with Gasteiger partial charge in [-0.2, -0.15) is 11.3 Å². The summed E-state index contributed by atoms with van der Waals surface area (Å²) in [6, 6.07) is 3.84. The molecule has 1 atom stereocenters. The largest absolute Gasteiger partial charge is 0.311 e. The number of aryl methyl sites for hydroxylation is 1. The summed E-state index contributed by atoms with van der Waals surface area (Å²) in [6.07, 6.45) is 2.29. The number of aromatic amines is 1. The van der Waals surface area contributed by atoms with E-state index in [1.807, 2.05) is 6.92 Å². The number of piperidine rings is 1. The molecule has 5 heteroatoms. The first-order valence-electron chi connectivity index (χ1n) is 7.02. The van der Waals surface area contributed by atoms with Crippen LogP contribution in [0.5, 0.6) is 0 Å². The Morgan fingerprint density at radius 1 is 1.55 bits per heavy atom. The lowest BCUT2D eigenvalue weighted by Gasteiger charge is -2.32. The van der Waals surface area contributed by atoms with Gasteiger partial charge in [-0.1, -0.05) is 0 Å².